The normalized spacial score (nSPS) is 13.8. The van der Waals surface area contributed by atoms with Crippen molar-refractivity contribution >= 4 is 46.2 Å². The van der Waals surface area contributed by atoms with Crippen LogP contribution in [0.2, 0.25) is 19.6 Å². The molecule has 6 heteroatoms. The number of furan rings is 1. The summed E-state index contributed by atoms with van der Waals surface area (Å²) in [6.45, 7) is 25.7. The Labute approximate surface area is 423 Å². The van der Waals surface area contributed by atoms with Gasteiger partial charge in [-0.3, -0.25) is 4.98 Å². The van der Waals surface area contributed by atoms with Crippen LogP contribution in [-0.2, 0) is 30.9 Å². The number of fused-ring (bicyclic) bond motifs is 7. The first kappa shape index (κ1) is 47.9. The van der Waals surface area contributed by atoms with E-state index in [9.17, 15) is 0 Å². The van der Waals surface area contributed by atoms with E-state index < -0.39 is 8.07 Å². The van der Waals surface area contributed by atoms with Gasteiger partial charge in [-0.05, 0) is 97.3 Å². The summed E-state index contributed by atoms with van der Waals surface area (Å²) in [5, 5.41) is 3.59. The minimum absolute atomic E-state index is 0. The molecule has 11 rings (SSSR count). The fourth-order valence-corrected chi connectivity index (χ4v) is 11.2. The molecule has 0 N–H and O–H groups in total. The van der Waals surface area contributed by atoms with Crippen molar-refractivity contribution in [3.05, 3.63) is 192 Å². The fourth-order valence-electron chi connectivity index (χ4n) is 10.1. The van der Waals surface area contributed by atoms with Gasteiger partial charge in [0.2, 0.25) is 0 Å². The molecular weight excluding hydrogens is 1040 g/mol. The largest absolute Gasteiger partial charge is 0.501 e. The number of benzene rings is 7. The smallest absolute Gasteiger partial charge is 0.121 e. The molecule has 0 saturated heterocycles. The van der Waals surface area contributed by atoms with Gasteiger partial charge in [0.25, 0.3) is 0 Å². The van der Waals surface area contributed by atoms with Gasteiger partial charge in [0.05, 0.1) is 30.5 Å². The van der Waals surface area contributed by atoms with Gasteiger partial charge >= 0.3 is 0 Å². The molecule has 0 atom stereocenters. The number of rotatable bonds is 7. The minimum Gasteiger partial charge on any atom is -0.501 e. The zero-order valence-electron chi connectivity index (χ0n) is 41.7. The number of imidazole rings is 1. The molecule has 10 aromatic rings. The molecule has 1 aliphatic carbocycles. The van der Waals surface area contributed by atoms with Crippen molar-refractivity contribution < 1.29 is 24.5 Å². The maximum atomic E-state index is 6.73. The van der Waals surface area contributed by atoms with Gasteiger partial charge in [0.15, 0.2) is 0 Å². The molecule has 0 aliphatic heterocycles. The Kier molecular flexibility index (Phi) is 12.7. The quantitative estimate of drug-likeness (QED) is 0.118. The number of hydrogen-bond donors (Lipinski definition) is 0. The Morgan fingerprint density at radius 2 is 1.19 bits per heavy atom. The van der Waals surface area contributed by atoms with Crippen LogP contribution in [0, 0.1) is 12.1 Å². The molecule has 349 valence electrons. The van der Waals surface area contributed by atoms with Crippen LogP contribution in [0.4, 0.5) is 0 Å². The standard InChI is InChI=1S/C43H35N2O.C20H26NSi.Ir/c1-27(2)36-24-32(30-16-9-6-10-17-30)25-37(28(3)4)41(36)45-39-21-12-11-20-38(39)44-43(45)35-19-13-18-34-33-23-22-31(26-40(33)46-42(34)35)29-14-7-5-8-15-29;1-19(2)16-11-9-8-10-15(16)18-17(20(19,3)4)12-14(13-21-18)22(5,6)7;/h5-18,20-28H,1-4H3;8-9,11-13H,1-7H3;/q2*-1;. The molecule has 3 aromatic heterocycles. The maximum Gasteiger partial charge on any atom is 0.121 e. The van der Waals surface area contributed by atoms with Gasteiger partial charge in [0.1, 0.15) is 5.58 Å². The Morgan fingerprint density at radius 3 is 1.84 bits per heavy atom. The van der Waals surface area contributed by atoms with E-state index in [1.807, 2.05) is 18.2 Å². The first-order valence-corrected chi connectivity index (χ1v) is 27.7. The van der Waals surface area contributed by atoms with Crippen LogP contribution >= 0.6 is 0 Å². The van der Waals surface area contributed by atoms with E-state index in [1.165, 1.54) is 55.4 Å². The number of hydrogen-bond acceptors (Lipinski definition) is 3. The average molecular weight is 1100 g/mol. The third kappa shape index (κ3) is 8.35. The van der Waals surface area contributed by atoms with E-state index in [0.29, 0.717) is 0 Å². The van der Waals surface area contributed by atoms with Crippen molar-refractivity contribution in [3.8, 4) is 50.6 Å². The Balaban J connectivity index is 0.000000217. The second-order valence-electron chi connectivity index (χ2n) is 21.3. The van der Waals surface area contributed by atoms with Crippen LogP contribution in [0.3, 0.4) is 0 Å². The molecule has 7 aromatic carbocycles. The van der Waals surface area contributed by atoms with Crippen molar-refractivity contribution in [2.45, 2.75) is 97.7 Å². The zero-order valence-corrected chi connectivity index (χ0v) is 45.1. The SMILES string of the molecule is CC(C)c1cc(-c2ccccc2)cc(C(C)C)c1-n1c(-c2[c-]ccc3c2oc2cc(-c4ccccc4)ccc23)nc2ccccc21.CC1(C)c2ccc[c-]c2-c2ncc([Si](C)(C)C)cc2C1(C)C.[Ir]. The van der Waals surface area contributed by atoms with E-state index in [0.717, 1.165) is 55.6 Å². The average Bonchev–Trinajstić information content (AvgIpc) is 3.92. The predicted octanol–water partition coefficient (Wildman–Crippen LogP) is 16.6. The second-order valence-corrected chi connectivity index (χ2v) is 26.4. The van der Waals surface area contributed by atoms with Crippen LogP contribution in [0.15, 0.2) is 162 Å². The summed E-state index contributed by atoms with van der Waals surface area (Å²) in [4.78, 5) is 10.2. The number of nitrogens with zero attached hydrogens (tertiary/aromatic N) is 3. The maximum absolute atomic E-state index is 6.73. The van der Waals surface area contributed by atoms with E-state index in [1.54, 1.807) is 0 Å². The van der Waals surface area contributed by atoms with Gasteiger partial charge in [0, 0.05) is 37.4 Å². The molecule has 1 aliphatic rings. The first-order valence-electron chi connectivity index (χ1n) is 24.2. The van der Waals surface area contributed by atoms with Crippen molar-refractivity contribution in [2.75, 3.05) is 0 Å². The van der Waals surface area contributed by atoms with Crippen LogP contribution in [-0.4, -0.2) is 22.6 Å². The van der Waals surface area contributed by atoms with Crippen LogP contribution in [0.5, 0.6) is 0 Å². The van der Waals surface area contributed by atoms with Crippen LogP contribution < -0.4 is 5.19 Å². The third-order valence-corrected chi connectivity index (χ3v) is 16.8. The van der Waals surface area contributed by atoms with Crippen molar-refractivity contribution in [1.29, 1.82) is 0 Å². The second kappa shape index (κ2) is 18.3. The molecule has 1 radical (unpaired) electrons. The molecule has 0 spiro atoms. The van der Waals surface area contributed by atoms with Gasteiger partial charge in [-0.2, -0.15) is 0 Å². The Bertz CT molecular complexity index is 3470. The fraction of sp³-hybridized carbons (Fsp3) is 0.238. The monoisotopic (exact) mass is 1100 g/mol. The van der Waals surface area contributed by atoms with E-state index in [-0.39, 0.29) is 42.8 Å². The predicted molar refractivity (Wildman–Crippen MR) is 289 cm³/mol. The topological polar surface area (TPSA) is 43.9 Å². The van der Waals surface area contributed by atoms with Crippen LogP contribution in [0.25, 0.3) is 83.6 Å². The molecule has 0 bridgehead atoms. The summed E-state index contributed by atoms with van der Waals surface area (Å²) >= 11 is 0. The van der Waals surface area contributed by atoms with E-state index in [2.05, 4.69) is 231 Å². The summed E-state index contributed by atoms with van der Waals surface area (Å²) in [6, 6.07) is 60.7. The first-order chi connectivity index (χ1) is 32.5. The number of aromatic nitrogens is 3. The van der Waals surface area contributed by atoms with E-state index >= 15 is 0 Å². The molecule has 69 heavy (non-hydrogen) atoms. The van der Waals surface area contributed by atoms with Crippen molar-refractivity contribution in [1.82, 2.24) is 14.5 Å². The summed E-state index contributed by atoms with van der Waals surface area (Å²) in [7, 11) is -1.37. The van der Waals surface area contributed by atoms with Gasteiger partial charge in [-0.25, -0.2) is 0 Å². The molecule has 4 nitrogen and oxygen atoms in total. The molecule has 3 heterocycles. The summed E-state index contributed by atoms with van der Waals surface area (Å²) < 4.78 is 9.10. The minimum atomic E-state index is -1.37. The molecule has 0 unspecified atom stereocenters. The van der Waals surface area contributed by atoms with Crippen LogP contribution in [0.1, 0.15) is 89.5 Å². The van der Waals surface area contributed by atoms with Crippen molar-refractivity contribution in [3.63, 3.8) is 0 Å². The molecule has 0 amide bonds. The molecule has 0 saturated carbocycles. The third-order valence-electron chi connectivity index (χ3n) is 14.8. The number of pyridine rings is 1. The van der Waals surface area contributed by atoms with Gasteiger partial charge in [-0.1, -0.05) is 183 Å². The van der Waals surface area contributed by atoms with Crippen molar-refractivity contribution in [2.24, 2.45) is 0 Å². The molecular formula is C63H61IrN3OSi-2. The molecule has 0 fully saturated rings. The van der Waals surface area contributed by atoms with Gasteiger partial charge in [-0.15, -0.1) is 53.6 Å². The van der Waals surface area contributed by atoms with Gasteiger partial charge < -0.3 is 14.0 Å². The van der Waals surface area contributed by atoms with E-state index in [4.69, 9.17) is 14.4 Å². The summed E-state index contributed by atoms with van der Waals surface area (Å²) in [5.41, 5.74) is 18.2. The Hall–Kier alpha value is -6.17. The Morgan fingerprint density at radius 1 is 0.580 bits per heavy atom. The summed E-state index contributed by atoms with van der Waals surface area (Å²) in [6.07, 6.45) is 2.10. The number of para-hydroxylation sites is 2. The summed E-state index contributed by atoms with van der Waals surface area (Å²) in [5.74, 6) is 1.41. The zero-order chi connectivity index (χ0) is 47.7.